The Hall–Kier alpha value is -0.0800. The summed E-state index contributed by atoms with van der Waals surface area (Å²) in [5, 5.41) is 21.2. The van der Waals surface area contributed by atoms with Crippen molar-refractivity contribution in [2.75, 3.05) is 0 Å². The van der Waals surface area contributed by atoms with Crippen LogP contribution < -0.4 is 0 Å². The Kier molecular flexibility index (Phi) is 3.54. The molecule has 0 aromatic carbocycles. The lowest BCUT2D eigenvalue weighted by atomic mass is 9.42. The van der Waals surface area contributed by atoms with E-state index in [4.69, 9.17) is 0 Å². The molecule has 4 rings (SSSR count). The van der Waals surface area contributed by atoms with Gasteiger partial charge in [-0.2, -0.15) is 0 Å². The molecule has 0 amide bonds. The number of hydrogen-bond donors (Lipinski definition) is 2. The maximum absolute atomic E-state index is 11.0. The number of fused-ring (bicyclic) bond motifs is 5. The molecule has 23 heavy (non-hydrogen) atoms. The Morgan fingerprint density at radius 1 is 0.826 bits per heavy atom. The fourth-order valence-electron chi connectivity index (χ4n) is 7.96. The summed E-state index contributed by atoms with van der Waals surface area (Å²) in [6, 6.07) is 0. The van der Waals surface area contributed by atoms with Crippen molar-refractivity contribution in [1.29, 1.82) is 0 Å². The molecule has 0 spiro atoms. The first-order valence-electron chi connectivity index (χ1n) is 10.1. The number of rotatable bonds is 0. The second-order valence-electron chi connectivity index (χ2n) is 10.4. The minimum Gasteiger partial charge on any atom is -0.393 e. The van der Waals surface area contributed by atoms with Gasteiger partial charge in [-0.15, -0.1) is 0 Å². The molecule has 2 N–H and O–H groups in total. The van der Waals surface area contributed by atoms with Crippen LogP contribution in [0.4, 0.5) is 0 Å². The highest BCUT2D eigenvalue weighted by molar-refractivity contribution is 5.13. The van der Waals surface area contributed by atoms with Crippen molar-refractivity contribution in [3.05, 3.63) is 0 Å². The van der Waals surface area contributed by atoms with Crippen LogP contribution in [-0.2, 0) is 0 Å². The predicted molar refractivity (Wildman–Crippen MR) is 92.9 cm³/mol. The van der Waals surface area contributed by atoms with E-state index < -0.39 is 5.60 Å². The van der Waals surface area contributed by atoms with Crippen molar-refractivity contribution in [2.24, 2.45) is 40.4 Å². The summed E-state index contributed by atoms with van der Waals surface area (Å²) in [6.07, 6.45) is 9.22. The first-order chi connectivity index (χ1) is 10.7. The Labute approximate surface area is 142 Å². The van der Waals surface area contributed by atoms with Gasteiger partial charge in [0.25, 0.3) is 0 Å². The third-order valence-electron chi connectivity index (χ3n) is 9.57. The van der Waals surface area contributed by atoms with Crippen LogP contribution in [0.1, 0.15) is 79.1 Å². The first kappa shape index (κ1) is 16.4. The lowest BCUT2D eigenvalue weighted by molar-refractivity contribution is -0.167. The van der Waals surface area contributed by atoms with E-state index >= 15 is 0 Å². The normalized spacial score (nSPS) is 62.3. The Morgan fingerprint density at radius 3 is 2.26 bits per heavy atom. The zero-order valence-corrected chi connectivity index (χ0v) is 15.5. The molecular formula is C21H36O2. The molecule has 0 radical (unpaired) electrons. The molecule has 0 bridgehead atoms. The number of aliphatic hydroxyl groups is 2. The predicted octanol–water partition coefficient (Wildman–Crippen LogP) is 4.39. The van der Waals surface area contributed by atoms with E-state index in [-0.39, 0.29) is 11.5 Å². The number of aliphatic hydroxyl groups excluding tert-OH is 1. The summed E-state index contributed by atoms with van der Waals surface area (Å²) in [5.74, 6) is 3.77. The van der Waals surface area contributed by atoms with Gasteiger partial charge in [0.05, 0.1) is 11.7 Å². The van der Waals surface area contributed by atoms with E-state index in [9.17, 15) is 10.2 Å². The molecule has 2 heteroatoms. The zero-order valence-electron chi connectivity index (χ0n) is 15.5. The van der Waals surface area contributed by atoms with Gasteiger partial charge in [-0.05, 0) is 98.7 Å². The Bertz CT molecular complexity index is 486. The van der Waals surface area contributed by atoms with Crippen LogP contribution in [0.15, 0.2) is 0 Å². The second kappa shape index (κ2) is 4.97. The van der Waals surface area contributed by atoms with E-state index in [1.54, 1.807) is 0 Å². The van der Waals surface area contributed by atoms with Gasteiger partial charge in [0.2, 0.25) is 0 Å². The van der Waals surface area contributed by atoms with Crippen LogP contribution in [0.2, 0.25) is 0 Å². The topological polar surface area (TPSA) is 40.5 Å². The molecule has 0 saturated heterocycles. The summed E-state index contributed by atoms with van der Waals surface area (Å²) < 4.78 is 0. The van der Waals surface area contributed by atoms with E-state index in [1.165, 1.54) is 32.1 Å². The highest BCUT2D eigenvalue weighted by Gasteiger charge is 2.64. The lowest BCUT2D eigenvalue weighted by Gasteiger charge is -2.63. The zero-order chi connectivity index (χ0) is 16.6. The molecule has 9 atom stereocenters. The smallest absolute Gasteiger partial charge is 0.0675 e. The van der Waals surface area contributed by atoms with Crippen LogP contribution in [0.25, 0.3) is 0 Å². The third kappa shape index (κ3) is 2.06. The van der Waals surface area contributed by atoms with Crippen molar-refractivity contribution in [3.8, 4) is 0 Å². The van der Waals surface area contributed by atoms with Gasteiger partial charge in [-0.1, -0.05) is 20.8 Å². The van der Waals surface area contributed by atoms with Crippen LogP contribution in [0, 0.1) is 40.4 Å². The monoisotopic (exact) mass is 320 g/mol. The second-order valence-corrected chi connectivity index (χ2v) is 10.4. The van der Waals surface area contributed by atoms with Crippen molar-refractivity contribution in [2.45, 2.75) is 90.8 Å². The molecule has 4 fully saturated rings. The number of hydrogen-bond acceptors (Lipinski definition) is 2. The summed E-state index contributed by atoms with van der Waals surface area (Å²) >= 11 is 0. The average Bonchev–Trinajstić information content (AvgIpc) is 2.72. The van der Waals surface area contributed by atoms with Gasteiger partial charge < -0.3 is 10.2 Å². The van der Waals surface area contributed by atoms with Crippen LogP contribution in [-0.4, -0.2) is 21.9 Å². The molecule has 4 saturated carbocycles. The molecule has 0 aliphatic heterocycles. The van der Waals surface area contributed by atoms with Crippen molar-refractivity contribution in [1.82, 2.24) is 0 Å². The third-order valence-corrected chi connectivity index (χ3v) is 9.57. The van der Waals surface area contributed by atoms with Crippen molar-refractivity contribution >= 4 is 0 Å². The van der Waals surface area contributed by atoms with E-state index in [1.807, 2.05) is 0 Å². The average molecular weight is 321 g/mol. The van der Waals surface area contributed by atoms with E-state index in [0.29, 0.717) is 17.3 Å². The summed E-state index contributed by atoms with van der Waals surface area (Å²) in [4.78, 5) is 0. The standard InChI is InChI=1S/C21H36O2/c1-13-11-15-16(19(2)8-5-14(22)12-18(13)19)6-9-20(3)17(15)7-10-21(20,4)23/h13-18,22-23H,5-12H2,1-4H3/t13-,14+,15-,16+,17+,18-,19-,20+,21+/m1/s1. The SMILES string of the molecule is C[C@@H]1C[C@@H]2[C@H](CC[C@@]3(C)[C@H]2CC[C@]3(C)O)[C@@]2(C)CC[C@H](O)C[C@H]12. The van der Waals surface area contributed by atoms with E-state index in [0.717, 1.165) is 37.0 Å². The molecule has 132 valence electrons. The van der Waals surface area contributed by atoms with Crippen LogP contribution in [0.5, 0.6) is 0 Å². The molecule has 0 aromatic heterocycles. The van der Waals surface area contributed by atoms with Gasteiger partial charge >= 0.3 is 0 Å². The Morgan fingerprint density at radius 2 is 1.52 bits per heavy atom. The highest BCUT2D eigenvalue weighted by atomic mass is 16.3. The molecular weight excluding hydrogens is 284 g/mol. The van der Waals surface area contributed by atoms with E-state index in [2.05, 4.69) is 27.7 Å². The van der Waals surface area contributed by atoms with Crippen LogP contribution >= 0.6 is 0 Å². The van der Waals surface area contributed by atoms with Gasteiger partial charge in [0.15, 0.2) is 0 Å². The largest absolute Gasteiger partial charge is 0.393 e. The summed E-state index contributed by atoms with van der Waals surface area (Å²) in [7, 11) is 0. The fraction of sp³-hybridized carbons (Fsp3) is 1.00. The molecule has 2 nitrogen and oxygen atoms in total. The molecule has 4 aliphatic carbocycles. The molecule has 4 aliphatic rings. The quantitative estimate of drug-likeness (QED) is 0.695. The minimum absolute atomic E-state index is 0.0619. The van der Waals surface area contributed by atoms with Gasteiger partial charge in [-0.3, -0.25) is 0 Å². The van der Waals surface area contributed by atoms with Gasteiger partial charge in [0.1, 0.15) is 0 Å². The molecule has 0 heterocycles. The highest BCUT2D eigenvalue weighted by Crippen LogP contribution is 2.68. The minimum atomic E-state index is -0.466. The van der Waals surface area contributed by atoms with Gasteiger partial charge in [0, 0.05) is 0 Å². The maximum Gasteiger partial charge on any atom is 0.0675 e. The van der Waals surface area contributed by atoms with Crippen molar-refractivity contribution < 1.29 is 10.2 Å². The summed E-state index contributed by atoms with van der Waals surface area (Å²) in [6.45, 7) is 9.47. The molecule has 0 aromatic rings. The lowest BCUT2D eigenvalue weighted by Crippen LogP contribution is -2.58. The Balaban J connectivity index is 1.68. The first-order valence-corrected chi connectivity index (χ1v) is 10.1. The molecule has 0 unspecified atom stereocenters. The maximum atomic E-state index is 11.0. The van der Waals surface area contributed by atoms with Crippen LogP contribution in [0.3, 0.4) is 0 Å². The summed E-state index contributed by atoms with van der Waals surface area (Å²) in [5.41, 5.74) is 0.0923. The van der Waals surface area contributed by atoms with Gasteiger partial charge in [-0.25, -0.2) is 0 Å². The fourth-order valence-corrected chi connectivity index (χ4v) is 7.96. The van der Waals surface area contributed by atoms with Crippen molar-refractivity contribution in [3.63, 3.8) is 0 Å².